The van der Waals surface area contributed by atoms with Gasteiger partial charge in [-0.1, -0.05) is 82.2 Å². The number of aromatic nitrogens is 2. The van der Waals surface area contributed by atoms with E-state index in [9.17, 15) is 14.7 Å². The van der Waals surface area contributed by atoms with Gasteiger partial charge in [-0.15, -0.1) is 10.2 Å². The van der Waals surface area contributed by atoms with Crippen LogP contribution in [0.25, 0.3) is 5.76 Å². The minimum absolute atomic E-state index is 0.130. The number of rotatable bonds is 7. The van der Waals surface area contributed by atoms with Gasteiger partial charge in [0.2, 0.25) is 5.13 Å². The van der Waals surface area contributed by atoms with Crippen molar-refractivity contribution in [3.05, 3.63) is 104 Å². The number of ketones is 1. The third kappa shape index (κ3) is 5.50. The molecule has 1 aliphatic rings. The summed E-state index contributed by atoms with van der Waals surface area (Å²) in [6.07, 6.45) is 0. The van der Waals surface area contributed by atoms with Crippen molar-refractivity contribution in [1.82, 2.24) is 10.2 Å². The minimum atomic E-state index is -1.06. The molecule has 4 aromatic rings. The van der Waals surface area contributed by atoms with Crippen LogP contribution in [0.5, 0.6) is 5.75 Å². The second-order valence-corrected chi connectivity index (χ2v) is 11.7. The average molecular weight is 619 g/mol. The lowest BCUT2D eigenvalue weighted by Crippen LogP contribution is -2.29. The monoisotopic (exact) mass is 617 g/mol. The molecule has 2 heterocycles. The molecule has 1 amide bonds. The number of aliphatic hydroxyl groups excluding tert-OH is 1. The summed E-state index contributed by atoms with van der Waals surface area (Å²) in [4.78, 5) is 28.0. The molecular formula is C27H18Cl3N3O4S2. The first-order valence-corrected chi connectivity index (χ1v) is 14.3. The van der Waals surface area contributed by atoms with Crippen molar-refractivity contribution in [1.29, 1.82) is 0 Å². The third-order valence-corrected chi connectivity index (χ3v) is 9.01. The van der Waals surface area contributed by atoms with E-state index in [4.69, 9.17) is 39.5 Å². The maximum Gasteiger partial charge on any atom is 0.301 e. The van der Waals surface area contributed by atoms with Crippen molar-refractivity contribution in [3.63, 3.8) is 0 Å². The highest BCUT2D eigenvalue weighted by atomic mass is 35.5. The maximum atomic E-state index is 13.4. The van der Waals surface area contributed by atoms with E-state index in [0.29, 0.717) is 37.0 Å². The van der Waals surface area contributed by atoms with Crippen molar-refractivity contribution in [2.24, 2.45) is 0 Å². The Kier molecular flexibility index (Phi) is 8.16. The second-order valence-electron chi connectivity index (χ2n) is 8.29. The van der Waals surface area contributed by atoms with E-state index in [-0.39, 0.29) is 21.5 Å². The summed E-state index contributed by atoms with van der Waals surface area (Å²) in [5, 5.41) is 21.1. The molecule has 0 bridgehead atoms. The predicted octanol–water partition coefficient (Wildman–Crippen LogP) is 7.43. The molecule has 1 fully saturated rings. The third-order valence-electron chi connectivity index (χ3n) is 5.98. The lowest BCUT2D eigenvalue weighted by Gasteiger charge is -2.23. The van der Waals surface area contributed by atoms with Gasteiger partial charge < -0.3 is 9.84 Å². The fourth-order valence-electron chi connectivity index (χ4n) is 4.06. The molecule has 1 unspecified atom stereocenters. The molecule has 39 heavy (non-hydrogen) atoms. The highest BCUT2D eigenvalue weighted by Crippen LogP contribution is 2.46. The fourth-order valence-corrected chi connectivity index (χ4v) is 6.73. The molecule has 0 aliphatic carbocycles. The number of Topliss-reactive ketones (excluding diaryl/α,β-unsaturated/α-hetero) is 1. The predicted molar refractivity (Wildman–Crippen MR) is 155 cm³/mol. The lowest BCUT2D eigenvalue weighted by molar-refractivity contribution is -0.132. The van der Waals surface area contributed by atoms with E-state index in [2.05, 4.69) is 10.2 Å². The number of nitrogens with zero attached hydrogens (tertiary/aromatic N) is 3. The van der Waals surface area contributed by atoms with Crippen LogP contribution < -0.4 is 9.64 Å². The van der Waals surface area contributed by atoms with Gasteiger partial charge in [0.1, 0.15) is 11.5 Å². The molecular weight excluding hydrogens is 601 g/mol. The first-order chi connectivity index (χ1) is 18.8. The molecule has 1 aromatic heterocycles. The molecule has 7 nitrogen and oxygen atoms in total. The second kappa shape index (κ2) is 11.6. The lowest BCUT2D eigenvalue weighted by atomic mass is 9.95. The number of ether oxygens (including phenoxy) is 1. The Morgan fingerprint density at radius 1 is 1.03 bits per heavy atom. The Morgan fingerprint density at radius 2 is 1.77 bits per heavy atom. The fraction of sp³-hybridized carbons (Fsp3) is 0.111. The summed E-state index contributed by atoms with van der Waals surface area (Å²) in [5.74, 6) is -0.983. The topological polar surface area (TPSA) is 92.6 Å². The molecule has 0 radical (unpaired) electrons. The van der Waals surface area contributed by atoms with E-state index in [1.165, 1.54) is 29.8 Å². The summed E-state index contributed by atoms with van der Waals surface area (Å²) in [5.41, 5.74) is 1.52. The van der Waals surface area contributed by atoms with E-state index in [0.717, 1.165) is 16.9 Å². The van der Waals surface area contributed by atoms with E-state index < -0.39 is 17.7 Å². The highest BCUT2D eigenvalue weighted by Gasteiger charge is 2.49. The number of benzene rings is 3. The van der Waals surface area contributed by atoms with Crippen molar-refractivity contribution < 1.29 is 19.4 Å². The summed E-state index contributed by atoms with van der Waals surface area (Å²) in [6, 6.07) is 17.6. The molecule has 1 N–H and O–H groups in total. The van der Waals surface area contributed by atoms with E-state index in [1.807, 2.05) is 18.2 Å². The number of anilines is 1. The van der Waals surface area contributed by atoms with Crippen LogP contribution in [0.2, 0.25) is 15.1 Å². The van der Waals surface area contributed by atoms with Crippen LogP contribution in [0.3, 0.4) is 0 Å². The van der Waals surface area contributed by atoms with E-state index in [1.54, 1.807) is 42.5 Å². The van der Waals surface area contributed by atoms with Gasteiger partial charge in [-0.3, -0.25) is 14.5 Å². The van der Waals surface area contributed by atoms with Gasteiger partial charge in [0.25, 0.3) is 5.78 Å². The normalized spacial score (nSPS) is 16.6. The molecule has 0 spiro atoms. The number of hydrogen-bond acceptors (Lipinski definition) is 8. The Bertz CT molecular complexity index is 1610. The molecule has 0 saturated carbocycles. The number of hydrogen-bond donors (Lipinski definition) is 1. The zero-order valence-electron chi connectivity index (χ0n) is 20.1. The zero-order valence-corrected chi connectivity index (χ0v) is 24.0. The van der Waals surface area contributed by atoms with Crippen LogP contribution in [0, 0.1) is 0 Å². The Labute approximate surface area is 247 Å². The van der Waals surface area contributed by atoms with Gasteiger partial charge in [0, 0.05) is 26.4 Å². The van der Waals surface area contributed by atoms with Crippen LogP contribution in [0.1, 0.15) is 22.7 Å². The smallest absolute Gasteiger partial charge is 0.301 e. The van der Waals surface area contributed by atoms with Crippen LogP contribution >= 0.6 is 57.9 Å². The number of aliphatic hydroxyl groups is 1. The number of carbonyl (C=O) groups excluding carboxylic acids is 2. The molecule has 3 aromatic carbocycles. The van der Waals surface area contributed by atoms with Gasteiger partial charge in [-0.2, -0.15) is 0 Å². The SMILES string of the molecule is COc1ccc(/C(O)=C2/C(=O)C(=O)N(c3nnc(SCc4ccccc4Cl)s3)C2c2ccc(Cl)cc2Cl)cc1. The van der Waals surface area contributed by atoms with Crippen molar-refractivity contribution in [2.45, 2.75) is 16.1 Å². The van der Waals surface area contributed by atoms with Gasteiger partial charge in [0.05, 0.1) is 18.7 Å². The van der Waals surface area contributed by atoms with Gasteiger partial charge in [0.15, 0.2) is 4.34 Å². The average Bonchev–Trinajstić information content (AvgIpc) is 3.50. The number of methoxy groups -OCH3 is 1. The number of amides is 1. The van der Waals surface area contributed by atoms with Gasteiger partial charge >= 0.3 is 5.91 Å². The summed E-state index contributed by atoms with van der Waals surface area (Å²) in [6.45, 7) is 0. The number of thioether (sulfide) groups is 1. The molecule has 5 rings (SSSR count). The largest absolute Gasteiger partial charge is 0.507 e. The van der Waals surface area contributed by atoms with Crippen LogP contribution in [-0.2, 0) is 15.3 Å². The van der Waals surface area contributed by atoms with Gasteiger partial charge in [-0.05, 0) is 53.6 Å². The highest BCUT2D eigenvalue weighted by molar-refractivity contribution is 8.00. The molecule has 198 valence electrons. The Balaban J connectivity index is 1.57. The van der Waals surface area contributed by atoms with Crippen molar-refractivity contribution >= 4 is 80.5 Å². The summed E-state index contributed by atoms with van der Waals surface area (Å²) < 4.78 is 5.75. The standard InChI is InChI=1S/C27H18Cl3N3O4S2/c1-37-17-9-6-14(7-10-17)23(34)21-22(18-11-8-16(28)12-20(18)30)33(25(36)24(21)35)26-31-32-27(39-26)38-13-15-4-2-3-5-19(15)29/h2-12,22,34H,13H2,1H3/b23-21-. The molecule has 1 saturated heterocycles. The summed E-state index contributed by atoms with van der Waals surface area (Å²) >= 11 is 21.5. The van der Waals surface area contributed by atoms with Gasteiger partial charge in [-0.25, -0.2) is 0 Å². The van der Waals surface area contributed by atoms with Crippen LogP contribution in [0.4, 0.5) is 5.13 Å². The first kappa shape index (κ1) is 27.5. The van der Waals surface area contributed by atoms with Crippen LogP contribution in [0.15, 0.2) is 76.6 Å². The summed E-state index contributed by atoms with van der Waals surface area (Å²) in [7, 11) is 1.52. The number of halogens is 3. The first-order valence-electron chi connectivity index (χ1n) is 11.4. The Morgan fingerprint density at radius 3 is 2.46 bits per heavy atom. The quantitative estimate of drug-likeness (QED) is 0.0757. The molecule has 1 aliphatic heterocycles. The molecule has 12 heteroatoms. The molecule has 1 atom stereocenters. The van der Waals surface area contributed by atoms with E-state index >= 15 is 0 Å². The maximum absolute atomic E-state index is 13.4. The number of carbonyl (C=O) groups is 2. The van der Waals surface area contributed by atoms with Crippen molar-refractivity contribution in [2.75, 3.05) is 12.0 Å². The van der Waals surface area contributed by atoms with Crippen LogP contribution in [-0.4, -0.2) is 34.1 Å². The van der Waals surface area contributed by atoms with Crippen molar-refractivity contribution in [3.8, 4) is 5.75 Å². The Hall–Kier alpha value is -3.08. The minimum Gasteiger partial charge on any atom is -0.507 e. The zero-order chi connectivity index (χ0) is 27.7.